The Balaban J connectivity index is 1.40. The average molecular weight is 500 g/mol. The van der Waals surface area contributed by atoms with Crippen molar-refractivity contribution in [1.82, 2.24) is 4.98 Å². The summed E-state index contributed by atoms with van der Waals surface area (Å²) >= 11 is 0. The summed E-state index contributed by atoms with van der Waals surface area (Å²) in [6, 6.07) is 16.0. The van der Waals surface area contributed by atoms with Gasteiger partial charge in [-0.25, -0.2) is 8.78 Å². The lowest BCUT2D eigenvalue weighted by molar-refractivity contribution is -0.140. The quantitative estimate of drug-likeness (QED) is 0.226. The summed E-state index contributed by atoms with van der Waals surface area (Å²) in [5, 5.41) is 1.26. The van der Waals surface area contributed by atoms with E-state index in [-0.39, 0.29) is 18.7 Å². The lowest BCUT2D eigenvalue weighted by Crippen LogP contribution is -2.08. The van der Waals surface area contributed by atoms with Gasteiger partial charge in [-0.05, 0) is 77.9 Å². The molecule has 2 nitrogen and oxygen atoms in total. The highest BCUT2D eigenvalue weighted by atomic mass is 19.4. The summed E-state index contributed by atoms with van der Waals surface area (Å²) in [4.78, 5) is 4.51. The Morgan fingerprint density at radius 1 is 0.750 bits per heavy atom. The van der Waals surface area contributed by atoms with Gasteiger partial charge in [0, 0.05) is 24.4 Å². The van der Waals surface area contributed by atoms with Crippen LogP contribution in [0.2, 0.25) is 0 Å². The second kappa shape index (κ2) is 11.2. The first-order valence-corrected chi connectivity index (χ1v) is 11.7. The third-order valence-electron chi connectivity index (χ3n) is 6.27. The number of benzene rings is 3. The summed E-state index contributed by atoms with van der Waals surface area (Å²) < 4.78 is 72.3. The maximum atomic E-state index is 15.1. The van der Waals surface area contributed by atoms with Crippen LogP contribution in [0.15, 0.2) is 66.9 Å². The molecule has 0 spiro atoms. The Hall–Kier alpha value is -3.32. The molecule has 0 unspecified atom stereocenters. The Morgan fingerprint density at radius 2 is 1.47 bits per heavy atom. The first-order chi connectivity index (χ1) is 17.2. The molecule has 0 saturated carbocycles. The van der Waals surface area contributed by atoms with Crippen LogP contribution in [-0.2, 0) is 43.0 Å². The van der Waals surface area contributed by atoms with Crippen LogP contribution in [0.25, 0.3) is 10.8 Å². The van der Waals surface area contributed by atoms with Crippen molar-refractivity contribution in [2.45, 2.75) is 38.3 Å². The second-order valence-corrected chi connectivity index (χ2v) is 8.81. The van der Waals surface area contributed by atoms with Gasteiger partial charge in [0.2, 0.25) is 0 Å². The van der Waals surface area contributed by atoms with Crippen molar-refractivity contribution >= 4 is 10.8 Å². The first-order valence-electron chi connectivity index (χ1n) is 11.7. The fourth-order valence-electron chi connectivity index (χ4n) is 4.20. The van der Waals surface area contributed by atoms with Crippen LogP contribution in [0.4, 0.5) is 22.0 Å². The molecule has 1 aromatic heterocycles. The lowest BCUT2D eigenvalue weighted by Gasteiger charge is -2.11. The van der Waals surface area contributed by atoms with Gasteiger partial charge in [-0.1, -0.05) is 42.5 Å². The van der Waals surface area contributed by atoms with E-state index in [0.717, 1.165) is 53.6 Å². The molecule has 4 rings (SSSR count). The van der Waals surface area contributed by atoms with Gasteiger partial charge < -0.3 is 4.74 Å². The number of methoxy groups -OCH3 is 1. The van der Waals surface area contributed by atoms with Crippen molar-refractivity contribution in [3.63, 3.8) is 0 Å². The zero-order chi connectivity index (χ0) is 25.7. The summed E-state index contributed by atoms with van der Waals surface area (Å²) in [6.07, 6.45) is -0.0399. The average Bonchev–Trinajstić information content (AvgIpc) is 2.85. The molecule has 36 heavy (non-hydrogen) atoms. The van der Waals surface area contributed by atoms with Crippen LogP contribution in [0.5, 0.6) is 0 Å². The molecule has 0 atom stereocenters. The van der Waals surface area contributed by atoms with Crippen LogP contribution in [0, 0.1) is 11.6 Å². The number of pyridine rings is 1. The predicted octanol–water partition coefficient (Wildman–Crippen LogP) is 7.29. The van der Waals surface area contributed by atoms with E-state index in [9.17, 15) is 17.6 Å². The minimum atomic E-state index is -4.74. The molecule has 0 amide bonds. The van der Waals surface area contributed by atoms with Gasteiger partial charge in [-0.2, -0.15) is 13.2 Å². The second-order valence-electron chi connectivity index (χ2n) is 8.81. The van der Waals surface area contributed by atoms with Crippen LogP contribution >= 0.6 is 0 Å². The Bertz CT molecular complexity index is 1330. The SMILES string of the molecule is COCCc1ccc(CCc2ccc3c(F)c(CCc4ccc(C(F)(F)F)c(F)c4)ccc3c2)nc1. The number of rotatable bonds is 9. The number of hydrogen-bond donors (Lipinski definition) is 0. The molecule has 188 valence electrons. The fourth-order valence-corrected chi connectivity index (χ4v) is 4.20. The van der Waals surface area contributed by atoms with Gasteiger partial charge in [-0.15, -0.1) is 0 Å². The van der Waals surface area contributed by atoms with Crippen molar-refractivity contribution in [3.8, 4) is 0 Å². The maximum absolute atomic E-state index is 15.1. The van der Waals surface area contributed by atoms with E-state index in [0.29, 0.717) is 23.1 Å². The molecule has 1 heterocycles. The van der Waals surface area contributed by atoms with Crippen molar-refractivity contribution in [1.29, 1.82) is 0 Å². The topological polar surface area (TPSA) is 22.1 Å². The van der Waals surface area contributed by atoms with E-state index in [4.69, 9.17) is 4.74 Å². The highest BCUT2D eigenvalue weighted by molar-refractivity contribution is 5.84. The number of ether oxygens (including phenoxy) is 1. The molecule has 0 fully saturated rings. The van der Waals surface area contributed by atoms with E-state index in [2.05, 4.69) is 11.1 Å². The molecule has 0 aliphatic heterocycles. The molecule has 0 radical (unpaired) electrons. The van der Waals surface area contributed by atoms with Gasteiger partial charge in [0.25, 0.3) is 0 Å². The normalized spacial score (nSPS) is 11.8. The molecule has 0 aliphatic carbocycles. The third-order valence-corrected chi connectivity index (χ3v) is 6.27. The molecule has 3 aromatic carbocycles. The number of fused-ring (bicyclic) bond motifs is 1. The predicted molar refractivity (Wildman–Crippen MR) is 130 cm³/mol. The van der Waals surface area contributed by atoms with Gasteiger partial charge in [-0.3, -0.25) is 4.98 Å². The smallest absolute Gasteiger partial charge is 0.384 e. The Kier molecular flexibility index (Phi) is 7.99. The van der Waals surface area contributed by atoms with E-state index in [1.807, 2.05) is 30.5 Å². The number of hydrogen-bond acceptors (Lipinski definition) is 2. The Labute approximate surface area is 206 Å². The zero-order valence-electron chi connectivity index (χ0n) is 19.8. The highest BCUT2D eigenvalue weighted by Crippen LogP contribution is 2.32. The molecular formula is C29H26F5NO. The highest BCUT2D eigenvalue weighted by Gasteiger charge is 2.33. The van der Waals surface area contributed by atoms with E-state index in [1.54, 1.807) is 19.2 Å². The van der Waals surface area contributed by atoms with Gasteiger partial charge in [0.1, 0.15) is 11.6 Å². The van der Waals surface area contributed by atoms with Crippen molar-refractivity contribution in [2.75, 3.05) is 13.7 Å². The number of alkyl halides is 3. The Morgan fingerprint density at radius 3 is 2.17 bits per heavy atom. The number of aryl methyl sites for hydroxylation is 4. The molecule has 0 saturated heterocycles. The molecular weight excluding hydrogens is 473 g/mol. The minimum absolute atomic E-state index is 0.229. The largest absolute Gasteiger partial charge is 0.419 e. The fraction of sp³-hybridized carbons (Fsp3) is 0.276. The minimum Gasteiger partial charge on any atom is -0.384 e. The summed E-state index contributed by atoms with van der Waals surface area (Å²) in [7, 11) is 1.67. The van der Waals surface area contributed by atoms with Crippen LogP contribution in [0.1, 0.15) is 33.5 Å². The molecule has 0 aliphatic rings. The van der Waals surface area contributed by atoms with E-state index < -0.39 is 17.6 Å². The van der Waals surface area contributed by atoms with Crippen molar-refractivity contribution in [2.24, 2.45) is 0 Å². The maximum Gasteiger partial charge on any atom is 0.419 e. The van der Waals surface area contributed by atoms with Crippen LogP contribution in [-0.4, -0.2) is 18.7 Å². The van der Waals surface area contributed by atoms with E-state index in [1.165, 1.54) is 6.07 Å². The number of nitrogens with zero attached hydrogens (tertiary/aromatic N) is 1. The van der Waals surface area contributed by atoms with Gasteiger partial charge in [0.05, 0.1) is 12.2 Å². The monoisotopic (exact) mass is 499 g/mol. The zero-order valence-corrected chi connectivity index (χ0v) is 19.8. The van der Waals surface area contributed by atoms with Crippen molar-refractivity contribution in [3.05, 3.63) is 112 Å². The van der Waals surface area contributed by atoms with Gasteiger partial charge >= 0.3 is 6.18 Å². The third kappa shape index (κ3) is 6.26. The summed E-state index contributed by atoms with van der Waals surface area (Å²) in [5.74, 6) is -1.68. The number of aromatic nitrogens is 1. The van der Waals surface area contributed by atoms with Gasteiger partial charge in [0.15, 0.2) is 0 Å². The molecule has 7 heteroatoms. The number of halogens is 5. The van der Waals surface area contributed by atoms with Crippen LogP contribution < -0.4 is 0 Å². The van der Waals surface area contributed by atoms with Crippen LogP contribution in [0.3, 0.4) is 0 Å². The van der Waals surface area contributed by atoms with Crippen molar-refractivity contribution < 1.29 is 26.7 Å². The first kappa shape index (κ1) is 25.8. The molecule has 0 bridgehead atoms. The molecule has 4 aromatic rings. The lowest BCUT2D eigenvalue weighted by atomic mass is 9.97. The molecule has 0 N–H and O–H groups in total. The van der Waals surface area contributed by atoms with E-state index >= 15 is 4.39 Å². The summed E-state index contributed by atoms with van der Waals surface area (Å²) in [5.41, 5.74) is 2.71. The summed E-state index contributed by atoms with van der Waals surface area (Å²) in [6.45, 7) is 0.657. The standard InChI is InChI=1S/C29H26F5NO/c1-36-15-14-21-4-11-24(35-18-21)10-3-19-5-12-25-23(16-19)9-8-22(28(25)31)7-2-20-6-13-26(27(30)17-20)29(32,33)34/h4-6,8-9,11-13,16-18H,2-3,7,10,14-15H2,1H3.